The first-order valence-corrected chi connectivity index (χ1v) is 4.76. The van der Waals surface area contributed by atoms with E-state index in [2.05, 4.69) is 4.74 Å². The maximum Gasteiger partial charge on any atom is 0.346 e. The summed E-state index contributed by atoms with van der Waals surface area (Å²) in [6.45, 7) is 1.59. The molecule has 2 N–H and O–H groups in total. The fourth-order valence-corrected chi connectivity index (χ4v) is 1.17. The van der Waals surface area contributed by atoms with Crippen molar-refractivity contribution in [3.8, 4) is 11.5 Å². The molecule has 88 valence electrons. The lowest BCUT2D eigenvalue weighted by atomic mass is 10.2. The van der Waals surface area contributed by atoms with Gasteiger partial charge in [0.05, 0.1) is 19.9 Å². The van der Waals surface area contributed by atoms with Crippen LogP contribution in [-0.2, 0) is 9.53 Å². The lowest BCUT2D eigenvalue weighted by Crippen LogP contribution is -2.25. The van der Waals surface area contributed by atoms with Crippen LogP contribution in [0.2, 0.25) is 0 Å². The molecule has 1 atom stereocenters. The third-order valence-corrected chi connectivity index (χ3v) is 2.05. The molecule has 0 heterocycles. The Morgan fingerprint density at radius 3 is 2.56 bits per heavy atom. The minimum atomic E-state index is -0.694. The first kappa shape index (κ1) is 12.2. The van der Waals surface area contributed by atoms with Gasteiger partial charge in [-0.05, 0) is 19.1 Å². The zero-order valence-corrected chi connectivity index (χ0v) is 9.52. The highest BCUT2D eigenvalue weighted by atomic mass is 16.6. The molecule has 16 heavy (non-hydrogen) atoms. The molecule has 0 aromatic heterocycles. The van der Waals surface area contributed by atoms with Crippen molar-refractivity contribution in [2.45, 2.75) is 13.0 Å². The Balaban J connectivity index is 2.78. The fraction of sp³-hybridized carbons (Fsp3) is 0.364. The number of nitrogen functional groups attached to an aromatic ring is 1. The van der Waals surface area contributed by atoms with Gasteiger partial charge < -0.3 is 19.9 Å². The molecule has 0 radical (unpaired) electrons. The molecule has 0 aliphatic rings. The molecule has 0 fully saturated rings. The van der Waals surface area contributed by atoms with E-state index in [0.29, 0.717) is 17.2 Å². The monoisotopic (exact) mass is 225 g/mol. The topological polar surface area (TPSA) is 70.8 Å². The van der Waals surface area contributed by atoms with Gasteiger partial charge in [-0.25, -0.2) is 4.79 Å². The van der Waals surface area contributed by atoms with Crippen molar-refractivity contribution in [3.05, 3.63) is 18.2 Å². The molecule has 0 amide bonds. The van der Waals surface area contributed by atoms with Crippen LogP contribution in [0.15, 0.2) is 18.2 Å². The number of benzene rings is 1. The number of anilines is 1. The van der Waals surface area contributed by atoms with E-state index in [0.717, 1.165) is 0 Å². The van der Waals surface area contributed by atoms with Gasteiger partial charge in [0.25, 0.3) is 0 Å². The van der Waals surface area contributed by atoms with E-state index in [9.17, 15) is 4.79 Å². The molecule has 5 heteroatoms. The van der Waals surface area contributed by atoms with Gasteiger partial charge in [0.2, 0.25) is 0 Å². The van der Waals surface area contributed by atoms with E-state index in [-0.39, 0.29) is 0 Å². The number of hydrogen-bond donors (Lipinski definition) is 1. The predicted molar refractivity (Wildman–Crippen MR) is 59.5 cm³/mol. The van der Waals surface area contributed by atoms with Crippen molar-refractivity contribution in [3.63, 3.8) is 0 Å². The summed E-state index contributed by atoms with van der Waals surface area (Å²) in [6.07, 6.45) is -0.694. The Morgan fingerprint density at radius 2 is 2.06 bits per heavy atom. The Morgan fingerprint density at radius 1 is 1.38 bits per heavy atom. The second-order valence-electron chi connectivity index (χ2n) is 3.19. The summed E-state index contributed by atoms with van der Waals surface area (Å²) in [7, 11) is 2.85. The third kappa shape index (κ3) is 2.79. The van der Waals surface area contributed by atoms with E-state index < -0.39 is 12.1 Å². The van der Waals surface area contributed by atoms with Gasteiger partial charge in [0, 0.05) is 6.07 Å². The van der Waals surface area contributed by atoms with Crippen LogP contribution in [0.25, 0.3) is 0 Å². The zero-order valence-electron chi connectivity index (χ0n) is 9.52. The summed E-state index contributed by atoms with van der Waals surface area (Å²) in [4.78, 5) is 11.1. The summed E-state index contributed by atoms with van der Waals surface area (Å²) < 4.78 is 14.9. The molecular weight excluding hydrogens is 210 g/mol. The van der Waals surface area contributed by atoms with Crippen molar-refractivity contribution in [1.82, 2.24) is 0 Å². The predicted octanol–water partition coefficient (Wildman–Crippen LogP) is 1.22. The van der Waals surface area contributed by atoms with Gasteiger partial charge in [-0.1, -0.05) is 0 Å². The molecule has 0 aliphatic heterocycles. The molecule has 1 unspecified atom stereocenters. The second kappa shape index (κ2) is 5.25. The van der Waals surface area contributed by atoms with E-state index in [4.69, 9.17) is 15.2 Å². The van der Waals surface area contributed by atoms with Gasteiger partial charge in [-0.3, -0.25) is 0 Å². The van der Waals surface area contributed by atoms with Gasteiger partial charge in [0.15, 0.2) is 6.10 Å². The van der Waals surface area contributed by atoms with Crippen LogP contribution in [0.1, 0.15) is 6.92 Å². The van der Waals surface area contributed by atoms with E-state index in [1.165, 1.54) is 7.11 Å². The van der Waals surface area contributed by atoms with Crippen molar-refractivity contribution in [2.24, 2.45) is 0 Å². The van der Waals surface area contributed by atoms with Crippen molar-refractivity contribution < 1.29 is 19.0 Å². The summed E-state index contributed by atoms with van der Waals surface area (Å²) in [5.74, 6) is 0.615. The van der Waals surface area contributed by atoms with Crippen molar-refractivity contribution in [2.75, 3.05) is 20.0 Å². The zero-order chi connectivity index (χ0) is 12.1. The Bertz CT molecular complexity index is 378. The summed E-state index contributed by atoms with van der Waals surface area (Å²) in [5.41, 5.74) is 6.14. The molecule has 0 spiro atoms. The molecule has 0 bridgehead atoms. The van der Waals surface area contributed by atoms with Crippen LogP contribution in [0.5, 0.6) is 11.5 Å². The molecule has 5 nitrogen and oxygen atoms in total. The lowest BCUT2D eigenvalue weighted by Gasteiger charge is -2.14. The van der Waals surface area contributed by atoms with E-state index in [1.807, 2.05) is 0 Å². The number of methoxy groups -OCH3 is 2. The number of esters is 1. The molecule has 1 rings (SSSR count). The first-order valence-electron chi connectivity index (χ1n) is 4.76. The third-order valence-electron chi connectivity index (χ3n) is 2.05. The number of carbonyl (C=O) groups excluding carboxylic acids is 1. The number of ether oxygens (including phenoxy) is 3. The molecule has 0 saturated carbocycles. The smallest absolute Gasteiger partial charge is 0.346 e. The molecule has 1 aromatic carbocycles. The average molecular weight is 225 g/mol. The van der Waals surface area contributed by atoms with E-state index >= 15 is 0 Å². The summed E-state index contributed by atoms with van der Waals surface area (Å²) in [5, 5.41) is 0. The first-order chi connectivity index (χ1) is 7.58. The Labute approximate surface area is 94.1 Å². The average Bonchev–Trinajstić information content (AvgIpc) is 2.30. The quantitative estimate of drug-likeness (QED) is 0.616. The second-order valence-corrected chi connectivity index (χ2v) is 3.19. The van der Waals surface area contributed by atoms with Gasteiger partial charge in [0.1, 0.15) is 11.5 Å². The standard InChI is InChI=1S/C11H15NO4/c1-7(11(13)15-3)16-10-5-4-8(14-2)6-9(10)12/h4-7H,12H2,1-3H3. The van der Waals surface area contributed by atoms with Crippen molar-refractivity contribution in [1.29, 1.82) is 0 Å². The van der Waals surface area contributed by atoms with Gasteiger partial charge in [-0.2, -0.15) is 0 Å². The molecule has 1 aromatic rings. The SMILES string of the molecule is COC(=O)C(C)Oc1ccc(OC)cc1N. The minimum absolute atomic E-state index is 0.412. The Hall–Kier alpha value is -1.91. The maximum atomic E-state index is 11.1. The number of hydrogen-bond acceptors (Lipinski definition) is 5. The van der Waals surface area contributed by atoms with Crippen LogP contribution in [0.4, 0.5) is 5.69 Å². The highest BCUT2D eigenvalue weighted by molar-refractivity contribution is 5.74. The highest BCUT2D eigenvalue weighted by Gasteiger charge is 2.16. The van der Waals surface area contributed by atoms with Gasteiger partial charge in [-0.15, -0.1) is 0 Å². The van der Waals surface area contributed by atoms with Crippen LogP contribution < -0.4 is 15.2 Å². The Kier molecular flexibility index (Phi) is 3.99. The number of rotatable bonds is 4. The van der Waals surface area contributed by atoms with E-state index in [1.54, 1.807) is 32.2 Å². The normalized spacial score (nSPS) is 11.7. The molecule has 0 saturated heterocycles. The summed E-state index contributed by atoms with van der Waals surface area (Å²) >= 11 is 0. The van der Waals surface area contributed by atoms with Crippen LogP contribution in [-0.4, -0.2) is 26.3 Å². The maximum absolute atomic E-state index is 11.1. The molecule has 0 aliphatic carbocycles. The number of carbonyl (C=O) groups is 1. The van der Waals surface area contributed by atoms with Crippen LogP contribution >= 0.6 is 0 Å². The van der Waals surface area contributed by atoms with Crippen LogP contribution in [0.3, 0.4) is 0 Å². The van der Waals surface area contributed by atoms with Crippen molar-refractivity contribution >= 4 is 11.7 Å². The highest BCUT2D eigenvalue weighted by Crippen LogP contribution is 2.27. The van der Waals surface area contributed by atoms with Crippen LogP contribution in [0, 0.1) is 0 Å². The largest absolute Gasteiger partial charge is 0.497 e. The van der Waals surface area contributed by atoms with Gasteiger partial charge >= 0.3 is 5.97 Å². The number of nitrogens with two attached hydrogens (primary N) is 1. The molecular formula is C11H15NO4. The fourth-order valence-electron chi connectivity index (χ4n) is 1.17. The minimum Gasteiger partial charge on any atom is -0.497 e. The summed E-state index contributed by atoms with van der Waals surface area (Å²) in [6, 6.07) is 4.97. The lowest BCUT2D eigenvalue weighted by molar-refractivity contribution is -0.147.